The first kappa shape index (κ1) is 20.9. The molecular weight excluding hydrogens is 450 g/mol. The molecule has 3 aromatic rings. The van der Waals surface area contributed by atoms with Crippen molar-refractivity contribution in [2.45, 2.75) is 4.21 Å². The standard InChI is InChI=1S/C18H20ClN5O4S2/c1-27-13-9-11-12(10-14(13)28-2)21-18(22-17(11)20)23-5-7-24(8-6-23)30(25,26)16-4-3-15(19)29-16/h3-4,9-10H,5-8H2,1-2H3,(H2,20,21,22). The van der Waals surface area contributed by atoms with E-state index in [-0.39, 0.29) is 4.21 Å². The molecule has 9 nitrogen and oxygen atoms in total. The summed E-state index contributed by atoms with van der Waals surface area (Å²) in [6.07, 6.45) is 0. The summed E-state index contributed by atoms with van der Waals surface area (Å²) in [6, 6.07) is 6.61. The summed E-state index contributed by atoms with van der Waals surface area (Å²) in [7, 11) is -0.462. The van der Waals surface area contributed by atoms with E-state index in [0.29, 0.717) is 64.7 Å². The van der Waals surface area contributed by atoms with Crippen molar-refractivity contribution in [1.29, 1.82) is 0 Å². The number of methoxy groups -OCH3 is 2. The number of aromatic nitrogens is 2. The molecule has 30 heavy (non-hydrogen) atoms. The highest BCUT2D eigenvalue weighted by atomic mass is 35.5. The van der Waals surface area contributed by atoms with E-state index < -0.39 is 10.0 Å². The number of nitrogens with two attached hydrogens (primary N) is 1. The SMILES string of the molecule is COc1cc2nc(N3CCN(S(=O)(=O)c4ccc(Cl)s4)CC3)nc(N)c2cc1OC. The third-order valence-electron chi connectivity index (χ3n) is 4.88. The van der Waals surface area contributed by atoms with Gasteiger partial charge in [-0.3, -0.25) is 0 Å². The van der Waals surface area contributed by atoms with Gasteiger partial charge < -0.3 is 20.1 Å². The minimum Gasteiger partial charge on any atom is -0.493 e. The fourth-order valence-corrected chi connectivity index (χ4v) is 6.36. The zero-order valence-electron chi connectivity index (χ0n) is 16.3. The van der Waals surface area contributed by atoms with Gasteiger partial charge in [-0.1, -0.05) is 11.6 Å². The lowest BCUT2D eigenvalue weighted by atomic mass is 10.2. The minimum absolute atomic E-state index is 0.244. The maximum absolute atomic E-state index is 12.8. The topological polar surface area (TPSA) is 111 Å². The predicted molar refractivity (Wildman–Crippen MR) is 117 cm³/mol. The Kier molecular flexibility index (Phi) is 5.62. The van der Waals surface area contributed by atoms with E-state index in [4.69, 9.17) is 26.8 Å². The Morgan fingerprint density at radius 3 is 2.33 bits per heavy atom. The largest absolute Gasteiger partial charge is 0.493 e. The van der Waals surface area contributed by atoms with E-state index >= 15 is 0 Å². The zero-order chi connectivity index (χ0) is 21.5. The zero-order valence-corrected chi connectivity index (χ0v) is 18.7. The molecule has 2 aromatic heterocycles. The summed E-state index contributed by atoms with van der Waals surface area (Å²) in [6.45, 7) is 1.50. The summed E-state index contributed by atoms with van der Waals surface area (Å²) in [5, 5.41) is 0.659. The lowest BCUT2D eigenvalue weighted by Gasteiger charge is -2.33. The van der Waals surface area contributed by atoms with Crippen LogP contribution in [0.15, 0.2) is 28.5 Å². The van der Waals surface area contributed by atoms with Gasteiger partial charge in [0.2, 0.25) is 5.95 Å². The molecule has 0 unspecified atom stereocenters. The van der Waals surface area contributed by atoms with E-state index in [1.54, 1.807) is 32.4 Å². The number of fused-ring (bicyclic) bond motifs is 1. The van der Waals surface area contributed by atoms with Crippen molar-refractivity contribution in [3.05, 3.63) is 28.6 Å². The third kappa shape index (κ3) is 3.73. The number of benzene rings is 1. The molecule has 0 bridgehead atoms. The van der Waals surface area contributed by atoms with Crippen LogP contribution in [-0.4, -0.2) is 63.1 Å². The molecule has 1 aliphatic rings. The summed E-state index contributed by atoms with van der Waals surface area (Å²) in [4.78, 5) is 10.9. The second kappa shape index (κ2) is 8.06. The molecule has 2 N–H and O–H groups in total. The quantitative estimate of drug-likeness (QED) is 0.606. The Balaban J connectivity index is 1.57. The normalized spacial score (nSPS) is 15.5. The minimum atomic E-state index is -3.56. The van der Waals surface area contributed by atoms with E-state index in [0.717, 1.165) is 11.3 Å². The first-order valence-electron chi connectivity index (χ1n) is 9.03. The van der Waals surface area contributed by atoms with E-state index in [1.807, 2.05) is 4.90 Å². The van der Waals surface area contributed by atoms with Gasteiger partial charge in [0.05, 0.1) is 24.1 Å². The van der Waals surface area contributed by atoms with Crippen LogP contribution in [0.5, 0.6) is 11.5 Å². The lowest BCUT2D eigenvalue weighted by Crippen LogP contribution is -2.49. The van der Waals surface area contributed by atoms with Crippen molar-refractivity contribution in [3.63, 3.8) is 0 Å². The summed E-state index contributed by atoms with van der Waals surface area (Å²) in [5.74, 6) is 1.85. The second-order valence-electron chi connectivity index (χ2n) is 6.58. The van der Waals surface area contributed by atoms with Gasteiger partial charge in [-0.05, 0) is 18.2 Å². The number of hydrogen-bond donors (Lipinski definition) is 1. The number of halogens is 1. The molecule has 0 saturated carbocycles. The van der Waals surface area contributed by atoms with Gasteiger partial charge in [-0.25, -0.2) is 13.4 Å². The van der Waals surface area contributed by atoms with Crippen molar-refractivity contribution in [3.8, 4) is 11.5 Å². The Labute approximate surface area is 183 Å². The molecular formula is C18H20ClN5O4S2. The molecule has 3 heterocycles. The van der Waals surface area contributed by atoms with Crippen LogP contribution < -0.4 is 20.1 Å². The maximum atomic E-state index is 12.8. The van der Waals surface area contributed by atoms with E-state index in [2.05, 4.69) is 9.97 Å². The molecule has 1 aromatic carbocycles. The van der Waals surface area contributed by atoms with Crippen molar-refractivity contribution in [1.82, 2.24) is 14.3 Å². The first-order chi connectivity index (χ1) is 14.3. The highest BCUT2D eigenvalue weighted by molar-refractivity contribution is 7.91. The van der Waals surface area contributed by atoms with Crippen molar-refractivity contribution < 1.29 is 17.9 Å². The number of nitrogens with zero attached hydrogens (tertiary/aromatic N) is 4. The molecule has 160 valence electrons. The van der Waals surface area contributed by atoms with Crippen LogP contribution in [0.1, 0.15) is 0 Å². The Bertz CT molecular complexity index is 1190. The molecule has 4 rings (SSSR count). The average molecular weight is 470 g/mol. The van der Waals surface area contributed by atoms with Gasteiger partial charge in [0.25, 0.3) is 10.0 Å². The highest BCUT2D eigenvalue weighted by Crippen LogP contribution is 2.34. The van der Waals surface area contributed by atoms with Gasteiger partial charge in [-0.2, -0.15) is 9.29 Å². The van der Waals surface area contributed by atoms with Crippen LogP contribution in [0, 0.1) is 0 Å². The number of anilines is 2. The van der Waals surface area contributed by atoms with Crippen molar-refractivity contribution >= 4 is 55.6 Å². The number of hydrogen-bond acceptors (Lipinski definition) is 9. The summed E-state index contributed by atoms with van der Waals surface area (Å²) < 4.78 is 38.4. The predicted octanol–water partition coefficient (Wildman–Crippen LogP) is 2.46. The maximum Gasteiger partial charge on any atom is 0.252 e. The number of ether oxygens (including phenoxy) is 2. The Hall–Kier alpha value is -2.34. The molecule has 0 aliphatic carbocycles. The fourth-order valence-electron chi connectivity index (χ4n) is 3.30. The smallest absolute Gasteiger partial charge is 0.252 e. The van der Waals surface area contributed by atoms with Gasteiger partial charge >= 0.3 is 0 Å². The van der Waals surface area contributed by atoms with Crippen LogP contribution in [0.25, 0.3) is 10.9 Å². The van der Waals surface area contributed by atoms with Crippen LogP contribution in [0.4, 0.5) is 11.8 Å². The van der Waals surface area contributed by atoms with Gasteiger partial charge in [-0.15, -0.1) is 11.3 Å². The number of nitrogen functional groups attached to an aromatic ring is 1. The monoisotopic (exact) mass is 469 g/mol. The summed E-state index contributed by atoms with van der Waals surface area (Å²) >= 11 is 6.95. The molecule has 0 radical (unpaired) electrons. The highest BCUT2D eigenvalue weighted by Gasteiger charge is 2.30. The Morgan fingerprint density at radius 1 is 1.07 bits per heavy atom. The Morgan fingerprint density at radius 2 is 1.73 bits per heavy atom. The van der Waals surface area contributed by atoms with E-state index in [1.165, 1.54) is 10.4 Å². The van der Waals surface area contributed by atoms with Crippen LogP contribution in [0.3, 0.4) is 0 Å². The van der Waals surface area contributed by atoms with Gasteiger partial charge in [0.15, 0.2) is 11.5 Å². The first-order valence-corrected chi connectivity index (χ1v) is 11.7. The molecule has 0 atom stereocenters. The lowest BCUT2D eigenvalue weighted by molar-refractivity contribution is 0.356. The van der Waals surface area contributed by atoms with E-state index in [9.17, 15) is 8.42 Å². The third-order valence-corrected chi connectivity index (χ3v) is 8.48. The van der Waals surface area contributed by atoms with Crippen LogP contribution >= 0.6 is 22.9 Å². The average Bonchev–Trinajstić information content (AvgIpc) is 3.20. The molecule has 12 heteroatoms. The number of piperazine rings is 1. The van der Waals surface area contributed by atoms with Gasteiger partial charge in [0.1, 0.15) is 10.0 Å². The van der Waals surface area contributed by atoms with Gasteiger partial charge in [0, 0.05) is 37.6 Å². The molecule has 1 saturated heterocycles. The van der Waals surface area contributed by atoms with Crippen LogP contribution in [-0.2, 0) is 10.0 Å². The molecule has 1 fully saturated rings. The number of sulfonamides is 1. The number of rotatable bonds is 5. The van der Waals surface area contributed by atoms with Crippen LogP contribution in [0.2, 0.25) is 4.34 Å². The summed E-state index contributed by atoms with van der Waals surface area (Å²) in [5.41, 5.74) is 6.79. The molecule has 0 amide bonds. The molecule has 0 spiro atoms. The van der Waals surface area contributed by atoms with Crippen molar-refractivity contribution in [2.24, 2.45) is 0 Å². The second-order valence-corrected chi connectivity index (χ2v) is 10.5. The molecule has 1 aliphatic heterocycles. The number of thiophene rings is 1. The fraction of sp³-hybridized carbons (Fsp3) is 0.333. The van der Waals surface area contributed by atoms with Crippen molar-refractivity contribution in [2.75, 3.05) is 51.0 Å².